The largest absolute Gasteiger partial charge is 0.507 e. The monoisotopic (exact) mass is 460 g/mol. The summed E-state index contributed by atoms with van der Waals surface area (Å²) in [7, 11) is 1.40. The number of carbonyl (C=O) groups excluding carboxylic acids is 2. The Balaban J connectivity index is 2.05. The number of nitrogens with one attached hydrogen (secondary N) is 1. The van der Waals surface area contributed by atoms with Crippen molar-refractivity contribution in [2.75, 3.05) is 33.4 Å². The van der Waals surface area contributed by atoms with E-state index in [9.17, 15) is 19.8 Å². The molecule has 1 unspecified atom stereocenters. The molecular weight excluding hydrogens is 436 g/mol. The lowest BCUT2D eigenvalue weighted by atomic mass is 9.95. The van der Waals surface area contributed by atoms with Crippen molar-refractivity contribution in [3.8, 4) is 11.5 Å². The number of nitrogens with zero attached hydrogens (tertiary/aromatic N) is 1. The van der Waals surface area contributed by atoms with Gasteiger partial charge in [0.25, 0.3) is 11.7 Å². The summed E-state index contributed by atoms with van der Waals surface area (Å²) in [6, 6.07) is 9.98. The van der Waals surface area contributed by atoms with Crippen molar-refractivity contribution in [1.29, 1.82) is 0 Å². The average molecular weight is 461 g/mol. The zero-order chi connectivity index (χ0) is 23.3. The highest BCUT2D eigenvalue weighted by atomic mass is 35.5. The minimum Gasteiger partial charge on any atom is -0.507 e. The third-order valence-electron chi connectivity index (χ3n) is 5.22. The van der Waals surface area contributed by atoms with Crippen LogP contribution in [0.2, 0.25) is 5.02 Å². The standard InChI is InChI=1S/C23H25ClN2O6/c1-32-18-13-15(5-8-17(18)28)20-19(21(29)14-3-6-16(24)7-4-14)22(30)23(31)26(20)11-2-9-25-10-12-27/h3-8,13,20,25,27-29H,2,9-12H2,1H3/b21-19+. The molecule has 0 bridgehead atoms. The van der Waals surface area contributed by atoms with Gasteiger partial charge in [0.2, 0.25) is 0 Å². The third-order valence-corrected chi connectivity index (χ3v) is 5.47. The number of ketones is 1. The molecule has 1 saturated heterocycles. The van der Waals surface area contributed by atoms with E-state index in [2.05, 4.69) is 5.32 Å². The number of hydrogen-bond donors (Lipinski definition) is 4. The Hall–Kier alpha value is -3.07. The van der Waals surface area contributed by atoms with E-state index in [0.717, 1.165) is 0 Å². The van der Waals surface area contributed by atoms with Crippen LogP contribution in [0.15, 0.2) is 48.0 Å². The SMILES string of the molecule is COc1cc(C2/C(=C(\O)c3ccc(Cl)cc3)C(=O)C(=O)N2CCCNCCO)ccc1O. The van der Waals surface area contributed by atoms with Gasteiger partial charge in [0, 0.05) is 23.7 Å². The summed E-state index contributed by atoms with van der Waals surface area (Å²) in [6.45, 7) is 1.20. The summed E-state index contributed by atoms with van der Waals surface area (Å²) in [4.78, 5) is 27.3. The number of aromatic hydroxyl groups is 1. The van der Waals surface area contributed by atoms with Gasteiger partial charge in [-0.05, 0) is 54.9 Å². The minimum atomic E-state index is -0.863. The summed E-state index contributed by atoms with van der Waals surface area (Å²) in [6.07, 6.45) is 0.528. The van der Waals surface area contributed by atoms with Crippen LogP contribution in [0, 0.1) is 0 Å². The van der Waals surface area contributed by atoms with Crippen molar-refractivity contribution in [3.05, 3.63) is 64.2 Å². The fourth-order valence-corrected chi connectivity index (χ4v) is 3.79. The van der Waals surface area contributed by atoms with Crippen LogP contribution in [0.25, 0.3) is 5.76 Å². The summed E-state index contributed by atoms with van der Waals surface area (Å²) < 4.78 is 5.19. The number of halogens is 1. The molecule has 1 atom stereocenters. The Morgan fingerprint density at radius 2 is 1.88 bits per heavy atom. The second-order valence-electron chi connectivity index (χ2n) is 7.26. The molecule has 0 radical (unpaired) electrons. The molecule has 170 valence electrons. The highest BCUT2D eigenvalue weighted by Crippen LogP contribution is 2.41. The van der Waals surface area contributed by atoms with E-state index >= 15 is 0 Å². The molecule has 32 heavy (non-hydrogen) atoms. The van der Waals surface area contributed by atoms with Gasteiger partial charge < -0.3 is 30.3 Å². The Morgan fingerprint density at radius 1 is 1.16 bits per heavy atom. The van der Waals surface area contributed by atoms with E-state index in [-0.39, 0.29) is 36.0 Å². The van der Waals surface area contributed by atoms with Gasteiger partial charge in [-0.2, -0.15) is 0 Å². The Bertz CT molecular complexity index is 1020. The first kappa shape index (κ1) is 23.6. The predicted molar refractivity (Wildman–Crippen MR) is 120 cm³/mol. The van der Waals surface area contributed by atoms with E-state index in [1.807, 2.05) is 0 Å². The molecule has 4 N–H and O–H groups in total. The van der Waals surface area contributed by atoms with Crippen LogP contribution in [0.1, 0.15) is 23.6 Å². The first-order chi connectivity index (χ1) is 15.4. The molecule has 1 heterocycles. The Kier molecular flexibility index (Phi) is 7.74. The van der Waals surface area contributed by atoms with Crippen molar-refractivity contribution >= 4 is 29.1 Å². The number of Topliss-reactive ketones (excluding diaryl/α,β-unsaturated/α-hetero) is 1. The van der Waals surface area contributed by atoms with Crippen molar-refractivity contribution < 1.29 is 29.6 Å². The molecule has 0 aliphatic carbocycles. The van der Waals surface area contributed by atoms with Crippen LogP contribution in [0.5, 0.6) is 11.5 Å². The number of phenolic OH excluding ortho intramolecular Hbond substituents is 1. The maximum absolute atomic E-state index is 13.0. The van der Waals surface area contributed by atoms with Gasteiger partial charge in [-0.1, -0.05) is 17.7 Å². The van der Waals surface area contributed by atoms with E-state index in [0.29, 0.717) is 35.7 Å². The highest BCUT2D eigenvalue weighted by Gasteiger charge is 2.46. The van der Waals surface area contributed by atoms with Gasteiger partial charge in [0.1, 0.15) is 5.76 Å². The number of benzene rings is 2. The maximum atomic E-state index is 13.0. The number of hydrogen-bond acceptors (Lipinski definition) is 7. The zero-order valence-electron chi connectivity index (χ0n) is 17.5. The molecule has 1 aliphatic rings. The van der Waals surface area contributed by atoms with Crippen LogP contribution in [0.4, 0.5) is 0 Å². The molecule has 1 amide bonds. The van der Waals surface area contributed by atoms with Crippen LogP contribution < -0.4 is 10.1 Å². The lowest BCUT2D eigenvalue weighted by Gasteiger charge is -2.26. The van der Waals surface area contributed by atoms with E-state index in [1.54, 1.807) is 30.3 Å². The molecule has 0 saturated carbocycles. The lowest BCUT2D eigenvalue weighted by Crippen LogP contribution is -2.32. The molecule has 9 heteroatoms. The number of methoxy groups -OCH3 is 1. The van der Waals surface area contributed by atoms with Gasteiger partial charge in [-0.25, -0.2) is 0 Å². The minimum absolute atomic E-state index is 0.00108. The summed E-state index contributed by atoms with van der Waals surface area (Å²) in [5.74, 6) is -1.72. The topological polar surface area (TPSA) is 119 Å². The summed E-state index contributed by atoms with van der Waals surface area (Å²) >= 11 is 5.93. The number of rotatable bonds is 9. The summed E-state index contributed by atoms with van der Waals surface area (Å²) in [5.41, 5.74) is 0.818. The molecular formula is C23H25ClN2O6. The zero-order valence-corrected chi connectivity index (χ0v) is 18.3. The van der Waals surface area contributed by atoms with Gasteiger partial charge in [-0.15, -0.1) is 0 Å². The molecule has 1 aliphatic heterocycles. The third kappa shape index (κ3) is 4.88. The van der Waals surface area contributed by atoms with Crippen LogP contribution in [-0.2, 0) is 9.59 Å². The molecule has 8 nitrogen and oxygen atoms in total. The number of aliphatic hydroxyl groups excluding tert-OH is 2. The molecule has 0 aromatic heterocycles. The summed E-state index contributed by atoms with van der Waals surface area (Å²) in [5, 5.41) is 33.4. The van der Waals surface area contributed by atoms with E-state index in [1.165, 1.54) is 24.1 Å². The van der Waals surface area contributed by atoms with Crippen LogP contribution >= 0.6 is 11.6 Å². The molecule has 2 aromatic rings. The molecule has 3 rings (SSSR count). The molecule has 0 spiro atoms. The van der Waals surface area contributed by atoms with E-state index < -0.39 is 17.7 Å². The quantitative estimate of drug-likeness (QED) is 0.196. The number of amides is 1. The normalized spacial score (nSPS) is 17.7. The second kappa shape index (κ2) is 10.5. The molecule has 2 aromatic carbocycles. The fourth-order valence-electron chi connectivity index (χ4n) is 3.66. The first-order valence-electron chi connectivity index (χ1n) is 10.1. The Morgan fingerprint density at radius 3 is 2.53 bits per heavy atom. The number of phenols is 1. The van der Waals surface area contributed by atoms with Crippen molar-refractivity contribution in [2.45, 2.75) is 12.5 Å². The number of aliphatic hydroxyl groups is 2. The number of likely N-dealkylation sites (tertiary alicyclic amines) is 1. The van der Waals surface area contributed by atoms with Crippen molar-refractivity contribution in [3.63, 3.8) is 0 Å². The van der Waals surface area contributed by atoms with Gasteiger partial charge in [0.05, 0.1) is 25.3 Å². The fraction of sp³-hybridized carbons (Fsp3) is 0.304. The second-order valence-corrected chi connectivity index (χ2v) is 7.69. The van der Waals surface area contributed by atoms with E-state index in [4.69, 9.17) is 21.4 Å². The number of ether oxygens (including phenoxy) is 1. The van der Waals surface area contributed by atoms with Crippen LogP contribution in [-0.4, -0.2) is 65.3 Å². The van der Waals surface area contributed by atoms with Crippen LogP contribution in [0.3, 0.4) is 0 Å². The van der Waals surface area contributed by atoms with Crippen molar-refractivity contribution in [1.82, 2.24) is 10.2 Å². The number of carbonyl (C=O) groups is 2. The first-order valence-corrected chi connectivity index (χ1v) is 10.5. The Labute approximate surface area is 190 Å². The predicted octanol–water partition coefficient (Wildman–Crippen LogP) is 2.45. The molecule has 1 fully saturated rings. The lowest BCUT2D eigenvalue weighted by molar-refractivity contribution is -0.139. The van der Waals surface area contributed by atoms with Gasteiger partial charge in [0.15, 0.2) is 11.5 Å². The van der Waals surface area contributed by atoms with Crippen molar-refractivity contribution in [2.24, 2.45) is 0 Å². The van der Waals surface area contributed by atoms with Gasteiger partial charge >= 0.3 is 0 Å². The highest BCUT2D eigenvalue weighted by molar-refractivity contribution is 6.46. The maximum Gasteiger partial charge on any atom is 0.295 e. The average Bonchev–Trinajstić information content (AvgIpc) is 3.04. The van der Waals surface area contributed by atoms with Gasteiger partial charge in [-0.3, -0.25) is 9.59 Å². The smallest absolute Gasteiger partial charge is 0.295 e.